The third-order valence-corrected chi connectivity index (χ3v) is 3.90. The molecule has 0 saturated heterocycles. The van der Waals surface area contributed by atoms with Crippen LogP contribution in [0, 0.1) is 0 Å². The van der Waals surface area contributed by atoms with Gasteiger partial charge in [0.1, 0.15) is 5.75 Å². The molecule has 0 radical (unpaired) electrons. The van der Waals surface area contributed by atoms with E-state index in [-0.39, 0.29) is 12.7 Å². The molecular weight excluding hydrogens is 348 g/mol. The Labute approximate surface area is 155 Å². The van der Waals surface area contributed by atoms with E-state index in [1.54, 1.807) is 31.4 Å². The van der Waals surface area contributed by atoms with Crippen molar-refractivity contribution in [2.24, 2.45) is 0 Å². The van der Waals surface area contributed by atoms with E-state index in [0.29, 0.717) is 34.4 Å². The number of amides is 1. The number of hydrogen-bond donors (Lipinski definition) is 2. The van der Waals surface area contributed by atoms with E-state index in [4.69, 9.17) is 14.2 Å². The van der Waals surface area contributed by atoms with Crippen molar-refractivity contribution >= 4 is 23.2 Å². The first kappa shape index (κ1) is 16.6. The van der Waals surface area contributed by atoms with Crippen molar-refractivity contribution in [2.75, 3.05) is 24.5 Å². The SMILES string of the molecule is COc1ccccc1NC(=O)c1cnc(Nc2ccc3c(c2)OCO3)nc1. The number of benzene rings is 2. The van der Waals surface area contributed by atoms with Gasteiger partial charge in [-0.3, -0.25) is 4.79 Å². The van der Waals surface area contributed by atoms with Crippen LogP contribution in [0.3, 0.4) is 0 Å². The molecule has 1 aliphatic rings. The Bertz CT molecular complexity index is 976. The number of nitrogens with zero attached hydrogens (tertiary/aromatic N) is 2. The van der Waals surface area contributed by atoms with Gasteiger partial charge in [-0.15, -0.1) is 0 Å². The van der Waals surface area contributed by atoms with Crippen LogP contribution in [0.5, 0.6) is 17.2 Å². The Morgan fingerprint density at radius 2 is 1.85 bits per heavy atom. The summed E-state index contributed by atoms with van der Waals surface area (Å²) in [5, 5.41) is 5.84. The monoisotopic (exact) mass is 364 g/mol. The van der Waals surface area contributed by atoms with Gasteiger partial charge >= 0.3 is 0 Å². The summed E-state index contributed by atoms with van der Waals surface area (Å²) in [6.45, 7) is 0.214. The summed E-state index contributed by atoms with van der Waals surface area (Å²) in [4.78, 5) is 20.8. The largest absolute Gasteiger partial charge is 0.495 e. The molecule has 0 unspecified atom stereocenters. The van der Waals surface area contributed by atoms with Gasteiger partial charge in [0.15, 0.2) is 11.5 Å². The molecule has 2 aromatic carbocycles. The fourth-order valence-corrected chi connectivity index (χ4v) is 2.56. The topological polar surface area (TPSA) is 94.6 Å². The zero-order valence-corrected chi connectivity index (χ0v) is 14.4. The van der Waals surface area contributed by atoms with Crippen LogP contribution in [0.1, 0.15) is 10.4 Å². The van der Waals surface area contributed by atoms with Gasteiger partial charge in [-0.1, -0.05) is 12.1 Å². The summed E-state index contributed by atoms with van der Waals surface area (Å²) < 4.78 is 15.8. The lowest BCUT2D eigenvalue weighted by Gasteiger charge is -2.10. The first-order chi connectivity index (χ1) is 13.2. The highest BCUT2D eigenvalue weighted by Crippen LogP contribution is 2.34. The Balaban J connectivity index is 1.44. The maximum absolute atomic E-state index is 12.4. The standard InChI is InChI=1S/C19H16N4O4/c1-25-15-5-3-2-4-14(15)23-18(24)12-9-20-19(21-10-12)22-13-6-7-16-17(8-13)27-11-26-16/h2-10H,11H2,1H3,(H,23,24)(H,20,21,22). The lowest BCUT2D eigenvalue weighted by Crippen LogP contribution is -2.13. The van der Waals surface area contributed by atoms with Crippen LogP contribution >= 0.6 is 0 Å². The predicted octanol–water partition coefficient (Wildman–Crippen LogP) is 3.21. The molecule has 3 aromatic rings. The molecule has 0 atom stereocenters. The number of carbonyl (C=O) groups is 1. The molecule has 27 heavy (non-hydrogen) atoms. The van der Waals surface area contributed by atoms with Gasteiger partial charge < -0.3 is 24.8 Å². The van der Waals surface area contributed by atoms with Gasteiger partial charge in [0, 0.05) is 24.1 Å². The second-order valence-electron chi connectivity index (χ2n) is 5.64. The highest BCUT2D eigenvalue weighted by molar-refractivity contribution is 6.04. The van der Waals surface area contributed by atoms with E-state index in [0.717, 1.165) is 5.69 Å². The zero-order valence-electron chi connectivity index (χ0n) is 14.4. The molecule has 1 amide bonds. The van der Waals surface area contributed by atoms with E-state index in [1.807, 2.05) is 18.2 Å². The molecule has 136 valence electrons. The average Bonchev–Trinajstić information content (AvgIpc) is 3.17. The van der Waals surface area contributed by atoms with E-state index < -0.39 is 0 Å². The molecule has 8 heteroatoms. The molecule has 1 aliphatic heterocycles. The number of para-hydroxylation sites is 2. The molecule has 0 fully saturated rings. The number of ether oxygens (including phenoxy) is 3. The van der Waals surface area contributed by atoms with Crippen molar-refractivity contribution in [1.29, 1.82) is 0 Å². The molecule has 0 spiro atoms. The Hall–Kier alpha value is -3.81. The van der Waals surface area contributed by atoms with Crippen molar-refractivity contribution in [3.05, 3.63) is 60.4 Å². The number of aromatic nitrogens is 2. The van der Waals surface area contributed by atoms with Crippen LogP contribution in [-0.2, 0) is 0 Å². The van der Waals surface area contributed by atoms with Gasteiger partial charge in [-0.2, -0.15) is 0 Å². The number of nitrogens with one attached hydrogen (secondary N) is 2. The summed E-state index contributed by atoms with van der Waals surface area (Å²) in [7, 11) is 1.55. The fourth-order valence-electron chi connectivity index (χ4n) is 2.56. The average molecular weight is 364 g/mol. The predicted molar refractivity (Wildman–Crippen MR) is 98.8 cm³/mol. The van der Waals surface area contributed by atoms with E-state index >= 15 is 0 Å². The minimum absolute atomic E-state index is 0.214. The number of hydrogen-bond acceptors (Lipinski definition) is 7. The van der Waals surface area contributed by atoms with Gasteiger partial charge in [-0.25, -0.2) is 9.97 Å². The number of carbonyl (C=O) groups excluding carboxylic acids is 1. The Morgan fingerprint density at radius 1 is 1.07 bits per heavy atom. The first-order valence-corrected chi connectivity index (χ1v) is 8.16. The van der Waals surface area contributed by atoms with Crippen LogP contribution in [0.25, 0.3) is 0 Å². The first-order valence-electron chi connectivity index (χ1n) is 8.16. The number of anilines is 3. The quantitative estimate of drug-likeness (QED) is 0.718. The van der Waals surface area contributed by atoms with Crippen LogP contribution in [0.2, 0.25) is 0 Å². The number of rotatable bonds is 5. The molecular formula is C19H16N4O4. The Kier molecular flexibility index (Phi) is 4.44. The van der Waals surface area contributed by atoms with Crippen LogP contribution in [0.15, 0.2) is 54.9 Å². The summed E-state index contributed by atoms with van der Waals surface area (Å²) in [6.07, 6.45) is 2.90. The lowest BCUT2D eigenvalue weighted by atomic mass is 10.2. The molecule has 1 aromatic heterocycles. The number of fused-ring (bicyclic) bond motifs is 1. The second kappa shape index (κ2) is 7.20. The second-order valence-corrected chi connectivity index (χ2v) is 5.64. The van der Waals surface area contributed by atoms with Crippen molar-refractivity contribution < 1.29 is 19.0 Å². The maximum atomic E-state index is 12.4. The molecule has 2 N–H and O–H groups in total. The van der Waals surface area contributed by atoms with Gasteiger partial charge in [0.05, 0.1) is 18.4 Å². The van der Waals surface area contributed by atoms with E-state index in [9.17, 15) is 4.79 Å². The highest BCUT2D eigenvalue weighted by atomic mass is 16.7. The Morgan fingerprint density at radius 3 is 2.67 bits per heavy atom. The summed E-state index contributed by atoms with van der Waals surface area (Å²) in [6, 6.07) is 12.6. The van der Waals surface area contributed by atoms with E-state index in [2.05, 4.69) is 20.6 Å². The normalized spacial score (nSPS) is 11.7. The maximum Gasteiger partial charge on any atom is 0.258 e. The molecule has 0 saturated carbocycles. The van der Waals surface area contributed by atoms with Crippen LogP contribution < -0.4 is 24.8 Å². The minimum atomic E-state index is -0.325. The van der Waals surface area contributed by atoms with Gasteiger partial charge in [-0.05, 0) is 24.3 Å². The van der Waals surface area contributed by atoms with Crippen molar-refractivity contribution in [1.82, 2.24) is 9.97 Å². The molecule has 0 aliphatic carbocycles. The third-order valence-electron chi connectivity index (χ3n) is 3.90. The lowest BCUT2D eigenvalue weighted by molar-refractivity contribution is 0.102. The van der Waals surface area contributed by atoms with Crippen LogP contribution in [0.4, 0.5) is 17.3 Å². The third kappa shape index (κ3) is 3.59. The number of methoxy groups -OCH3 is 1. The minimum Gasteiger partial charge on any atom is -0.495 e. The summed E-state index contributed by atoms with van der Waals surface area (Å²) in [5.41, 5.74) is 1.66. The molecule has 0 bridgehead atoms. The van der Waals surface area contributed by atoms with Crippen molar-refractivity contribution in [3.63, 3.8) is 0 Å². The molecule has 4 rings (SSSR count). The summed E-state index contributed by atoms with van der Waals surface area (Å²) in [5.74, 6) is 1.97. The molecule has 8 nitrogen and oxygen atoms in total. The van der Waals surface area contributed by atoms with Gasteiger partial charge in [0.2, 0.25) is 12.7 Å². The molecule has 2 heterocycles. The smallest absolute Gasteiger partial charge is 0.258 e. The zero-order chi connectivity index (χ0) is 18.6. The summed E-state index contributed by atoms with van der Waals surface area (Å²) >= 11 is 0. The van der Waals surface area contributed by atoms with Crippen molar-refractivity contribution in [2.45, 2.75) is 0 Å². The fraction of sp³-hybridized carbons (Fsp3) is 0.105. The van der Waals surface area contributed by atoms with E-state index in [1.165, 1.54) is 12.4 Å². The highest BCUT2D eigenvalue weighted by Gasteiger charge is 2.14. The van der Waals surface area contributed by atoms with Crippen molar-refractivity contribution in [3.8, 4) is 17.2 Å². The van der Waals surface area contributed by atoms with Crippen LogP contribution in [-0.4, -0.2) is 29.8 Å². The van der Waals surface area contributed by atoms with Gasteiger partial charge in [0.25, 0.3) is 5.91 Å².